The standard InChI is InChI=1S/C22H29N3O/c1-23-22(26)25-21-15-9-5-11-3-7-13(17(11)15)19(21)18-12-6-2-10-4-8-14(16(10)12)20(18)24-25/h10-17,21H,2-9H2,1H3,(H,23,26)/t10-,11+,12+,13-,14-,15+,16+,17-,21-/m0/s1. The predicted octanol–water partition coefficient (Wildman–Crippen LogP) is 3.79. The van der Waals surface area contributed by atoms with Crippen LogP contribution < -0.4 is 5.32 Å². The van der Waals surface area contributed by atoms with E-state index in [1.807, 2.05) is 5.01 Å². The number of carbonyl (C=O) groups excluding carboxylic acids is 1. The minimum absolute atomic E-state index is 0.0223. The van der Waals surface area contributed by atoms with E-state index in [0.29, 0.717) is 11.8 Å². The van der Waals surface area contributed by atoms with Crippen LogP contribution in [0.25, 0.3) is 0 Å². The van der Waals surface area contributed by atoms with Crippen molar-refractivity contribution in [1.29, 1.82) is 0 Å². The summed E-state index contributed by atoms with van der Waals surface area (Å²) in [5.74, 6) is 6.46. The molecule has 6 aliphatic carbocycles. The topological polar surface area (TPSA) is 44.7 Å². The van der Waals surface area contributed by atoms with E-state index >= 15 is 0 Å². The van der Waals surface area contributed by atoms with Gasteiger partial charge in [-0.3, -0.25) is 0 Å². The van der Waals surface area contributed by atoms with Crippen molar-refractivity contribution in [1.82, 2.24) is 10.3 Å². The van der Waals surface area contributed by atoms with Crippen LogP contribution in [0.5, 0.6) is 0 Å². The van der Waals surface area contributed by atoms with Gasteiger partial charge in [0.25, 0.3) is 0 Å². The zero-order valence-corrected chi connectivity index (χ0v) is 15.7. The summed E-state index contributed by atoms with van der Waals surface area (Å²) in [7, 11) is 1.77. The van der Waals surface area contributed by atoms with E-state index in [9.17, 15) is 4.79 Å². The molecule has 0 saturated heterocycles. The van der Waals surface area contributed by atoms with Gasteiger partial charge in [-0.25, -0.2) is 9.80 Å². The molecule has 9 atom stereocenters. The van der Waals surface area contributed by atoms with E-state index in [1.165, 1.54) is 57.1 Å². The molecule has 1 aliphatic heterocycles. The lowest BCUT2D eigenvalue weighted by atomic mass is 9.84. The number of hydrazone groups is 1. The molecule has 0 aromatic rings. The fourth-order valence-corrected chi connectivity index (χ4v) is 9.18. The van der Waals surface area contributed by atoms with E-state index in [4.69, 9.17) is 5.10 Å². The maximum absolute atomic E-state index is 12.8. The van der Waals surface area contributed by atoms with Crippen LogP contribution in [-0.2, 0) is 0 Å². The molecule has 0 spiro atoms. The van der Waals surface area contributed by atoms with Gasteiger partial charge < -0.3 is 5.32 Å². The van der Waals surface area contributed by atoms with Gasteiger partial charge in [0.1, 0.15) is 0 Å². The number of nitrogens with zero attached hydrogens (tertiary/aromatic N) is 2. The van der Waals surface area contributed by atoms with Crippen molar-refractivity contribution in [3.05, 3.63) is 11.1 Å². The van der Waals surface area contributed by atoms with Crippen LogP contribution in [0.4, 0.5) is 4.79 Å². The number of hydrogen-bond donors (Lipinski definition) is 1. The molecule has 0 radical (unpaired) electrons. The highest BCUT2D eigenvalue weighted by Crippen LogP contribution is 2.67. The highest BCUT2D eigenvalue weighted by Gasteiger charge is 2.64. The molecular formula is C22H29N3O. The Hall–Kier alpha value is -1.32. The van der Waals surface area contributed by atoms with E-state index in [2.05, 4.69) is 5.32 Å². The molecule has 26 heavy (non-hydrogen) atoms. The Labute approximate surface area is 155 Å². The Bertz CT molecular complexity index is 769. The summed E-state index contributed by atoms with van der Waals surface area (Å²) in [6, 6.07) is 0.306. The number of nitrogens with one attached hydrogen (secondary N) is 1. The summed E-state index contributed by atoms with van der Waals surface area (Å²) in [5, 5.41) is 9.97. The van der Waals surface area contributed by atoms with Crippen LogP contribution in [0.2, 0.25) is 0 Å². The summed E-state index contributed by atoms with van der Waals surface area (Å²) >= 11 is 0. The summed E-state index contributed by atoms with van der Waals surface area (Å²) < 4.78 is 0. The first kappa shape index (κ1) is 14.7. The smallest absolute Gasteiger partial charge is 0.338 e. The summed E-state index contributed by atoms with van der Waals surface area (Å²) in [6.07, 6.45) is 11.1. The maximum atomic E-state index is 12.8. The first-order valence-corrected chi connectivity index (χ1v) is 11.1. The third-order valence-corrected chi connectivity index (χ3v) is 9.73. The monoisotopic (exact) mass is 351 g/mol. The zero-order valence-electron chi connectivity index (χ0n) is 15.7. The van der Waals surface area contributed by atoms with Gasteiger partial charge in [0.15, 0.2) is 0 Å². The van der Waals surface area contributed by atoms with Crippen LogP contribution in [0, 0.1) is 47.3 Å². The van der Waals surface area contributed by atoms with Crippen molar-refractivity contribution in [3.8, 4) is 0 Å². The quantitative estimate of drug-likeness (QED) is 0.709. The second-order valence-corrected chi connectivity index (χ2v) is 10.2. The lowest BCUT2D eigenvalue weighted by molar-refractivity contribution is 0.165. The van der Waals surface area contributed by atoms with Gasteiger partial charge in [0, 0.05) is 13.0 Å². The lowest BCUT2D eigenvalue weighted by Crippen LogP contribution is -2.47. The maximum Gasteiger partial charge on any atom is 0.338 e. The molecule has 0 aromatic heterocycles. The molecule has 7 rings (SSSR count). The number of carbonyl (C=O) groups is 1. The molecule has 1 N–H and O–H groups in total. The second-order valence-electron chi connectivity index (χ2n) is 10.2. The Morgan fingerprint density at radius 3 is 2.42 bits per heavy atom. The van der Waals surface area contributed by atoms with Crippen molar-refractivity contribution in [2.24, 2.45) is 52.4 Å². The van der Waals surface area contributed by atoms with Gasteiger partial charge in [-0.05, 0) is 104 Å². The number of amides is 2. The fourth-order valence-electron chi connectivity index (χ4n) is 9.18. The number of fused-ring (bicyclic) bond motifs is 6. The number of allylic oxidation sites excluding steroid dienone is 1. The summed E-state index contributed by atoms with van der Waals surface area (Å²) in [6.45, 7) is 0. The predicted molar refractivity (Wildman–Crippen MR) is 99.4 cm³/mol. The molecule has 6 saturated carbocycles. The number of rotatable bonds is 0. The van der Waals surface area contributed by atoms with Crippen LogP contribution in [0.1, 0.15) is 51.4 Å². The van der Waals surface area contributed by atoms with E-state index < -0.39 is 0 Å². The van der Waals surface area contributed by atoms with E-state index in [0.717, 1.165) is 35.5 Å². The molecule has 0 unspecified atom stereocenters. The van der Waals surface area contributed by atoms with Gasteiger partial charge >= 0.3 is 6.03 Å². The van der Waals surface area contributed by atoms with Gasteiger partial charge in [-0.2, -0.15) is 5.10 Å². The van der Waals surface area contributed by atoms with Gasteiger partial charge in [0.05, 0.1) is 11.8 Å². The average molecular weight is 351 g/mol. The molecule has 4 heteroatoms. The number of hydrogen-bond acceptors (Lipinski definition) is 2. The summed E-state index contributed by atoms with van der Waals surface area (Å²) in [5.41, 5.74) is 4.78. The Kier molecular flexibility index (Phi) is 2.68. The van der Waals surface area contributed by atoms with Crippen LogP contribution in [0.3, 0.4) is 0 Å². The molecule has 0 aromatic carbocycles. The average Bonchev–Trinajstić information content (AvgIpc) is 3.43. The van der Waals surface area contributed by atoms with Crippen LogP contribution in [-0.4, -0.2) is 29.8 Å². The highest BCUT2D eigenvalue weighted by atomic mass is 16.2. The molecule has 7 aliphatic rings. The first-order valence-electron chi connectivity index (χ1n) is 11.1. The second kappa shape index (κ2) is 4.74. The molecule has 6 fully saturated rings. The highest BCUT2D eigenvalue weighted by molar-refractivity contribution is 6.07. The van der Waals surface area contributed by atoms with E-state index in [-0.39, 0.29) is 12.1 Å². The third kappa shape index (κ3) is 1.49. The third-order valence-electron chi connectivity index (χ3n) is 9.73. The van der Waals surface area contributed by atoms with Gasteiger partial charge in [-0.15, -0.1) is 0 Å². The first-order chi connectivity index (χ1) is 12.8. The van der Waals surface area contributed by atoms with E-state index in [1.54, 1.807) is 18.2 Å². The van der Waals surface area contributed by atoms with Gasteiger partial charge in [-0.1, -0.05) is 0 Å². The molecule has 0 bridgehead atoms. The number of urea groups is 1. The summed E-state index contributed by atoms with van der Waals surface area (Å²) in [4.78, 5) is 12.8. The molecule has 4 nitrogen and oxygen atoms in total. The van der Waals surface area contributed by atoms with Crippen LogP contribution in [0.15, 0.2) is 16.2 Å². The molecule has 2 amide bonds. The minimum Gasteiger partial charge on any atom is -0.340 e. The van der Waals surface area contributed by atoms with Crippen molar-refractivity contribution in [2.45, 2.75) is 57.4 Å². The van der Waals surface area contributed by atoms with Crippen molar-refractivity contribution in [2.75, 3.05) is 7.05 Å². The molecule has 1 heterocycles. The Balaban J connectivity index is 1.44. The van der Waals surface area contributed by atoms with Crippen molar-refractivity contribution in [3.63, 3.8) is 0 Å². The van der Waals surface area contributed by atoms with Crippen molar-refractivity contribution >= 4 is 11.7 Å². The Morgan fingerprint density at radius 2 is 1.62 bits per heavy atom. The van der Waals surface area contributed by atoms with Crippen LogP contribution >= 0.6 is 0 Å². The fraction of sp³-hybridized carbons (Fsp3) is 0.818. The SMILES string of the molecule is CNC(=O)N1N=C2C(=C3[C@H]4CC[C@@H]5CC[C@H]([C@@H]54)[C@@H]31)[C@@H]1CC[C@H]3CC[C@H]2[C@H]31. The van der Waals surface area contributed by atoms with Gasteiger partial charge in [0.2, 0.25) is 0 Å². The largest absolute Gasteiger partial charge is 0.340 e. The zero-order chi connectivity index (χ0) is 17.2. The van der Waals surface area contributed by atoms with Crippen molar-refractivity contribution < 1.29 is 4.79 Å². The minimum atomic E-state index is 0.0223. The molecular weight excluding hydrogens is 322 g/mol. The Morgan fingerprint density at radius 1 is 0.923 bits per heavy atom. The lowest BCUT2D eigenvalue weighted by Gasteiger charge is -2.36. The molecule has 138 valence electrons. The normalized spacial score (nSPS) is 52.1.